The first-order valence-corrected chi connectivity index (χ1v) is 31.7. The van der Waals surface area contributed by atoms with Crippen molar-refractivity contribution in [2.45, 2.75) is 75.2 Å². The van der Waals surface area contributed by atoms with Gasteiger partial charge in [0.15, 0.2) is 5.98 Å². The lowest BCUT2D eigenvalue weighted by molar-refractivity contribution is 0.0503. The van der Waals surface area contributed by atoms with Gasteiger partial charge in [-0.1, -0.05) is 189 Å². The highest BCUT2D eigenvalue weighted by molar-refractivity contribution is 8.20. The second-order valence-corrected chi connectivity index (χ2v) is 31.1. The molecule has 4 aromatic rings. The minimum Gasteiger partial charge on any atom is -0.392 e. The Labute approximate surface area is 365 Å². The fourth-order valence-corrected chi connectivity index (χ4v) is 18.4. The van der Waals surface area contributed by atoms with Crippen molar-refractivity contribution in [2.24, 2.45) is 0 Å². The molecule has 0 spiro atoms. The van der Waals surface area contributed by atoms with E-state index in [4.69, 9.17) is 54.2 Å². The quantitative estimate of drug-likeness (QED) is 0.129. The first kappa shape index (κ1) is 47.1. The summed E-state index contributed by atoms with van der Waals surface area (Å²) in [5.74, 6) is -1.20. The number of hydrogen-bond donors (Lipinski definition) is 2. The normalized spacial score (nSPS) is 23.0. The van der Waals surface area contributed by atoms with Gasteiger partial charge in [0.05, 0.1) is 25.4 Å². The average Bonchev–Trinajstić information content (AvgIpc) is 4.02. The number of benzene rings is 4. The van der Waals surface area contributed by atoms with Gasteiger partial charge < -0.3 is 24.6 Å². The van der Waals surface area contributed by atoms with Crippen LogP contribution < -0.4 is 26.1 Å². The summed E-state index contributed by atoms with van der Waals surface area (Å²) in [5.41, 5.74) is 0. The van der Waals surface area contributed by atoms with Crippen LogP contribution in [0.1, 0.15) is 25.7 Å². The molecule has 310 valence electrons. The van der Waals surface area contributed by atoms with Crippen molar-refractivity contribution in [1.29, 1.82) is 0 Å². The molecule has 6 nitrogen and oxygen atoms in total. The topological polar surface area (TPSA) is 57.2 Å². The molecule has 4 saturated heterocycles. The molecule has 0 amide bonds. The Bertz CT molecular complexity index is 1620. The Morgan fingerprint density at radius 1 is 0.737 bits per heavy atom. The van der Waals surface area contributed by atoms with Gasteiger partial charge in [0.1, 0.15) is 16.1 Å². The van der Waals surface area contributed by atoms with Crippen molar-refractivity contribution in [1.82, 2.24) is 14.9 Å². The van der Waals surface area contributed by atoms with Crippen molar-refractivity contribution in [3.8, 4) is 0 Å². The molecule has 0 aliphatic carbocycles. The lowest BCUT2D eigenvalue weighted by Gasteiger charge is -2.33. The SMILES string of the molecule is CN1CCOCC1.C[Si](C[C@@H](O)[C@@H]1CCCN1)(c1ccccc1)c1ccccc1.C[Si](C[C@H]1OP(Cl)N2CCC[C@@H]12)(c1ccccc1)c1ccccc1.ClP(Cl)Cl. The lowest BCUT2D eigenvalue weighted by atomic mass is 10.1. The number of nitrogens with zero attached hydrogens (tertiary/aromatic N) is 2. The van der Waals surface area contributed by atoms with E-state index in [-0.39, 0.29) is 18.2 Å². The van der Waals surface area contributed by atoms with E-state index in [1.54, 1.807) is 0 Å². The minimum atomic E-state index is -1.92. The molecule has 57 heavy (non-hydrogen) atoms. The Hall–Kier alpha value is -0.906. The Balaban J connectivity index is 0.000000173. The molecule has 1 unspecified atom stereocenters. The fourth-order valence-electron chi connectivity index (χ4n) is 8.45. The first-order valence-electron chi connectivity index (χ1n) is 20.1. The van der Waals surface area contributed by atoms with E-state index in [0.717, 1.165) is 57.9 Å². The van der Waals surface area contributed by atoms with Crippen LogP contribution in [0.3, 0.4) is 0 Å². The van der Waals surface area contributed by atoms with Crippen LogP contribution in [0.2, 0.25) is 25.2 Å². The number of nitrogens with one attached hydrogen (secondary N) is 1. The number of halogens is 4. The molecule has 2 N–H and O–H groups in total. The van der Waals surface area contributed by atoms with Gasteiger partial charge in [0.25, 0.3) is 0 Å². The van der Waals surface area contributed by atoms with Crippen LogP contribution in [-0.2, 0) is 9.26 Å². The highest BCUT2D eigenvalue weighted by Gasteiger charge is 2.48. The number of fused-ring (bicyclic) bond motifs is 1. The zero-order valence-corrected chi connectivity index (χ0v) is 40.2. The average molecular weight is 926 g/mol. The van der Waals surface area contributed by atoms with Crippen LogP contribution in [0.15, 0.2) is 121 Å². The van der Waals surface area contributed by atoms with Gasteiger partial charge >= 0.3 is 0 Å². The number of likely N-dealkylation sites (N-methyl/N-ethyl adjacent to an activating group) is 1. The van der Waals surface area contributed by atoms with E-state index in [9.17, 15) is 5.11 Å². The van der Waals surface area contributed by atoms with Crippen LogP contribution >= 0.6 is 58.6 Å². The van der Waals surface area contributed by atoms with E-state index in [1.807, 2.05) is 0 Å². The van der Waals surface area contributed by atoms with E-state index >= 15 is 0 Å². The Morgan fingerprint density at radius 3 is 1.60 bits per heavy atom. The molecule has 4 heterocycles. The van der Waals surface area contributed by atoms with Gasteiger partial charge in [-0.05, 0) is 62.6 Å². The summed E-state index contributed by atoms with van der Waals surface area (Å²) in [4.78, 5) is 2.27. The number of aliphatic hydroxyl groups is 1. The fraction of sp³-hybridized carbons (Fsp3) is 0.442. The molecule has 8 rings (SSSR count). The molecule has 5 atom stereocenters. The molecule has 4 aromatic carbocycles. The molecule has 4 fully saturated rings. The molecule has 4 aliphatic heterocycles. The van der Waals surface area contributed by atoms with E-state index in [0.29, 0.717) is 6.04 Å². The van der Waals surface area contributed by atoms with Gasteiger partial charge in [-0.2, -0.15) is 0 Å². The maximum absolute atomic E-state index is 10.8. The van der Waals surface area contributed by atoms with Crippen LogP contribution in [0.25, 0.3) is 0 Å². The molecule has 0 saturated carbocycles. The van der Waals surface area contributed by atoms with Crippen LogP contribution in [-0.4, -0.2) is 102 Å². The highest BCUT2D eigenvalue weighted by atomic mass is 36.0. The van der Waals surface area contributed by atoms with Gasteiger partial charge in [-0.25, -0.2) is 4.67 Å². The monoisotopic (exact) mass is 923 g/mol. The summed E-state index contributed by atoms with van der Waals surface area (Å²) in [5, 5.41) is 20.0. The highest BCUT2D eigenvalue weighted by Crippen LogP contribution is 2.59. The minimum absolute atomic E-state index is 0.263. The molecule has 0 radical (unpaired) electrons. The third-order valence-electron chi connectivity index (χ3n) is 11.8. The lowest BCUT2D eigenvalue weighted by Crippen LogP contribution is -2.58. The number of aliphatic hydroxyl groups excluding tert-OH is 1. The third kappa shape index (κ3) is 13.8. The summed E-state index contributed by atoms with van der Waals surface area (Å²) in [6, 6.07) is 46.3. The molecule has 0 aromatic heterocycles. The first-order chi connectivity index (χ1) is 27.5. The van der Waals surface area contributed by atoms with Crippen molar-refractivity contribution in [3.63, 3.8) is 0 Å². The predicted octanol–water partition coefficient (Wildman–Crippen LogP) is 9.08. The standard InChI is InChI=1S/C19H23ClNOPSi.C19H25NOSi.C5H11NO.Cl3P/c1-24(16-9-4-2-5-10-16,17-11-6-3-7-12-17)15-19-18-13-8-14-21(18)23(20)22-19;1-22(16-9-4-2-5-10-16,17-11-6-3-7-12-17)15-19(21)18-13-8-14-20-18;1-6-2-4-7-5-3-6;1-4(2)3/h2-7,9-12,18-19H,8,13-15H2,1H3;2-7,9-12,18-21H,8,13-15H2,1H3;2-5H2,1H3;/t18-,19+,23?;18-,19+;;/m00../s1. The summed E-state index contributed by atoms with van der Waals surface area (Å²) in [7, 11) is -2.57. The smallest absolute Gasteiger partial charge is 0.207 e. The van der Waals surface area contributed by atoms with Crippen molar-refractivity contribution in [2.75, 3.05) is 46.4 Å². The van der Waals surface area contributed by atoms with Gasteiger partial charge in [-0.3, -0.25) is 0 Å². The van der Waals surface area contributed by atoms with Crippen LogP contribution in [0, 0.1) is 0 Å². The summed E-state index contributed by atoms with van der Waals surface area (Å²) in [6.45, 7) is 11.0. The molecular weight excluding hydrogens is 866 g/mol. The molecule has 0 bridgehead atoms. The van der Waals surface area contributed by atoms with Crippen molar-refractivity contribution in [3.05, 3.63) is 121 Å². The zero-order chi connectivity index (χ0) is 40.7. The number of hydrogen-bond acceptors (Lipinski definition) is 6. The largest absolute Gasteiger partial charge is 0.392 e. The predicted molar refractivity (Wildman–Crippen MR) is 254 cm³/mol. The second-order valence-electron chi connectivity index (χ2n) is 15.7. The molecular formula is C43H59Cl4N3O3P2Si2. The van der Waals surface area contributed by atoms with Gasteiger partial charge in [0, 0.05) is 31.7 Å². The van der Waals surface area contributed by atoms with Crippen molar-refractivity contribution >= 4 is 95.5 Å². The zero-order valence-electron chi connectivity index (χ0n) is 33.4. The van der Waals surface area contributed by atoms with E-state index in [2.05, 4.69) is 156 Å². The summed E-state index contributed by atoms with van der Waals surface area (Å²) >= 11 is 21.1. The number of morpholine rings is 1. The molecule has 4 aliphatic rings. The molecule has 14 heteroatoms. The third-order valence-corrected chi connectivity index (χ3v) is 22.8. The van der Waals surface area contributed by atoms with Crippen LogP contribution in [0.4, 0.5) is 0 Å². The number of rotatable bonds is 9. The van der Waals surface area contributed by atoms with Crippen molar-refractivity contribution < 1.29 is 14.4 Å². The summed E-state index contributed by atoms with van der Waals surface area (Å²) in [6.07, 6.45) is 4.76. The Kier molecular flexibility index (Phi) is 19.8. The maximum atomic E-state index is 10.8. The Morgan fingerprint density at radius 2 is 1.19 bits per heavy atom. The summed E-state index contributed by atoms with van der Waals surface area (Å²) < 4.78 is 13.8. The number of ether oxygens (including phenoxy) is 1. The second kappa shape index (κ2) is 23.9. The maximum Gasteiger partial charge on any atom is 0.207 e. The van der Waals surface area contributed by atoms with E-state index < -0.39 is 29.8 Å². The van der Waals surface area contributed by atoms with E-state index in [1.165, 1.54) is 40.0 Å². The van der Waals surface area contributed by atoms with Crippen LogP contribution in [0.5, 0.6) is 0 Å². The van der Waals surface area contributed by atoms with Gasteiger partial charge in [0.2, 0.25) is 7.65 Å². The van der Waals surface area contributed by atoms with Gasteiger partial charge in [-0.15, -0.1) is 0 Å².